The van der Waals surface area contributed by atoms with Crippen molar-refractivity contribution >= 4 is 23.6 Å². The van der Waals surface area contributed by atoms with E-state index in [9.17, 15) is 14.0 Å². The molecule has 2 heterocycles. The Labute approximate surface area is 168 Å². The van der Waals surface area contributed by atoms with Crippen molar-refractivity contribution in [1.29, 1.82) is 0 Å². The number of anilines is 2. The number of halogens is 1. The van der Waals surface area contributed by atoms with Crippen molar-refractivity contribution in [3.05, 3.63) is 58.9 Å². The van der Waals surface area contributed by atoms with Crippen molar-refractivity contribution in [3.63, 3.8) is 0 Å². The summed E-state index contributed by atoms with van der Waals surface area (Å²) in [6, 6.07) is 10.0. The Morgan fingerprint density at radius 1 is 1.31 bits per heavy atom. The van der Waals surface area contributed by atoms with Gasteiger partial charge in [0.1, 0.15) is 5.82 Å². The second kappa shape index (κ2) is 7.48. The molecule has 1 saturated heterocycles. The van der Waals surface area contributed by atoms with Gasteiger partial charge in [0.15, 0.2) is 6.29 Å². The summed E-state index contributed by atoms with van der Waals surface area (Å²) in [6.45, 7) is 4.73. The number of nitrogens with two attached hydrogens (primary N) is 1. The highest BCUT2D eigenvalue weighted by Gasteiger charge is 2.45. The van der Waals surface area contributed by atoms with Gasteiger partial charge in [0.2, 0.25) is 5.91 Å². The smallest absolute Gasteiger partial charge is 0.226 e. The van der Waals surface area contributed by atoms with Gasteiger partial charge in [0.05, 0.1) is 24.7 Å². The number of rotatable bonds is 4. The normalized spacial score (nSPS) is 23.8. The van der Waals surface area contributed by atoms with Gasteiger partial charge >= 0.3 is 0 Å². The first-order valence-electron chi connectivity index (χ1n) is 9.69. The summed E-state index contributed by atoms with van der Waals surface area (Å²) >= 11 is 0. The summed E-state index contributed by atoms with van der Waals surface area (Å²) < 4.78 is 19.4. The van der Waals surface area contributed by atoms with E-state index in [-0.39, 0.29) is 12.0 Å². The van der Waals surface area contributed by atoms with E-state index in [0.29, 0.717) is 30.8 Å². The maximum absolute atomic E-state index is 14.0. The van der Waals surface area contributed by atoms with Crippen molar-refractivity contribution in [2.45, 2.75) is 19.4 Å². The van der Waals surface area contributed by atoms with E-state index in [2.05, 4.69) is 10.2 Å². The van der Waals surface area contributed by atoms with Gasteiger partial charge in [0, 0.05) is 30.0 Å². The van der Waals surface area contributed by atoms with E-state index < -0.39 is 23.2 Å². The van der Waals surface area contributed by atoms with Crippen LogP contribution >= 0.6 is 0 Å². The Morgan fingerprint density at radius 2 is 2.07 bits per heavy atom. The van der Waals surface area contributed by atoms with E-state index in [1.807, 2.05) is 24.3 Å². The van der Waals surface area contributed by atoms with Crippen molar-refractivity contribution in [2.24, 2.45) is 11.1 Å². The first-order valence-corrected chi connectivity index (χ1v) is 9.69. The molecule has 152 valence electrons. The fourth-order valence-electron chi connectivity index (χ4n) is 4.28. The Balaban J connectivity index is 1.77. The number of aldehydes is 1. The van der Waals surface area contributed by atoms with Gasteiger partial charge in [-0.05, 0) is 48.7 Å². The van der Waals surface area contributed by atoms with E-state index in [1.54, 1.807) is 6.92 Å². The van der Waals surface area contributed by atoms with Crippen LogP contribution in [0.4, 0.5) is 15.8 Å². The predicted molar refractivity (Wildman–Crippen MR) is 109 cm³/mol. The molecule has 1 amide bonds. The summed E-state index contributed by atoms with van der Waals surface area (Å²) in [5.41, 5.74) is 8.14. The fraction of sp³-hybridized carbons (Fsp3) is 0.364. The molecule has 2 unspecified atom stereocenters. The van der Waals surface area contributed by atoms with Crippen LogP contribution < -0.4 is 16.0 Å². The van der Waals surface area contributed by atoms with Gasteiger partial charge in [-0.2, -0.15) is 0 Å². The Kier molecular flexibility index (Phi) is 5.00. The number of primary amides is 1. The van der Waals surface area contributed by atoms with Crippen LogP contribution in [0.1, 0.15) is 34.5 Å². The summed E-state index contributed by atoms with van der Waals surface area (Å²) in [4.78, 5) is 26.2. The standard InChI is InChI=1S/C22H24FN3O3/c1-22(21(24)28)12-18-15(13-27)9-16(23)11-19(18)25-20(22)14-3-2-4-17(10-14)26-5-7-29-8-6-26/h2-4,9-11,13,20,25H,5-8,12H2,1H3,(H2,24,28). The fourth-order valence-corrected chi connectivity index (χ4v) is 4.28. The molecule has 2 aromatic rings. The third-order valence-electron chi connectivity index (χ3n) is 6.00. The number of carbonyl (C=O) groups is 2. The van der Waals surface area contributed by atoms with E-state index in [1.165, 1.54) is 12.1 Å². The SMILES string of the molecule is CC1(C(N)=O)Cc2c(C=O)cc(F)cc2NC1c1cccc(N2CCOCC2)c1. The predicted octanol–water partition coefficient (Wildman–Crippen LogP) is 2.68. The molecule has 2 aromatic carbocycles. The van der Waals surface area contributed by atoms with Gasteiger partial charge in [-0.25, -0.2) is 4.39 Å². The number of hydrogen-bond donors (Lipinski definition) is 2. The lowest BCUT2D eigenvalue weighted by Crippen LogP contribution is -2.47. The molecule has 4 rings (SSSR count). The van der Waals surface area contributed by atoms with Crippen LogP contribution in [0.25, 0.3) is 0 Å². The second-order valence-corrected chi connectivity index (χ2v) is 7.87. The average molecular weight is 397 g/mol. The van der Waals surface area contributed by atoms with Crippen LogP contribution in [0, 0.1) is 11.2 Å². The van der Waals surface area contributed by atoms with Gasteiger partial charge in [-0.15, -0.1) is 0 Å². The molecule has 0 bridgehead atoms. The van der Waals surface area contributed by atoms with Gasteiger partial charge in [-0.3, -0.25) is 9.59 Å². The lowest BCUT2D eigenvalue weighted by molar-refractivity contribution is -0.127. The zero-order chi connectivity index (χ0) is 20.6. The Hall–Kier alpha value is -2.93. The van der Waals surface area contributed by atoms with Crippen LogP contribution in [-0.2, 0) is 16.0 Å². The molecule has 2 aliphatic heterocycles. The quantitative estimate of drug-likeness (QED) is 0.775. The molecule has 2 aliphatic rings. The van der Waals surface area contributed by atoms with Crippen LogP contribution in [-0.4, -0.2) is 38.5 Å². The summed E-state index contributed by atoms with van der Waals surface area (Å²) in [7, 11) is 0. The first-order chi connectivity index (χ1) is 13.9. The number of morpholine rings is 1. The maximum Gasteiger partial charge on any atom is 0.226 e. The van der Waals surface area contributed by atoms with Gasteiger partial charge in [0.25, 0.3) is 0 Å². The summed E-state index contributed by atoms with van der Waals surface area (Å²) in [6.07, 6.45) is 0.871. The molecule has 1 fully saturated rings. The maximum atomic E-state index is 14.0. The monoisotopic (exact) mass is 397 g/mol. The molecular formula is C22H24FN3O3. The minimum Gasteiger partial charge on any atom is -0.378 e. The molecule has 0 aromatic heterocycles. The van der Waals surface area contributed by atoms with Crippen molar-refractivity contribution in [3.8, 4) is 0 Å². The largest absolute Gasteiger partial charge is 0.378 e. The lowest BCUT2D eigenvalue weighted by atomic mass is 9.70. The Morgan fingerprint density at radius 3 is 2.76 bits per heavy atom. The summed E-state index contributed by atoms with van der Waals surface area (Å²) in [5.74, 6) is -0.972. The van der Waals surface area contributed by atoms with Crippen LogP contribution in [0.2, 0.25) is 0 Å². The van der Waals surface area contributed by atoms with Crippen molar-refractivity contribution < 1.29 is 18.7 Å². The minimum atomic E-state index is -0.980. The third-order valence-corrected chi connectivity index (χ3v) is 6.00. The molecule has 0 aliphatic carbocycles. The zero-order valence-electron chi connectivity index (χ0n) is 16.3. The zero-order valence-corrected chi connectivity index (χ0v) is 16.3. The molecule has 29 heavy (non-hydrogen) atoms. The van der Waals surface area contributed by atoms with Crippen LogP contribution in [0.15, 0.2) is 36.4 Å². The van der Waals surface area contributed by atoms with Crippen molar-refractivity contribution in [2.75, 3.05) is 36.5 Å². The molecule has 0 spiro atoms. The highest BCUT2D eigenvalue weighted by Crippen LogP contribution is 2.46. The summed E-state index contributed by atoms with van der Waals surface area (Å²) in [5, 5.41) is 3.29. The minimum absolute atomic E-state index is 0.237. The van der Waals surface area contributed by atoms with E-state index >= 15 is 0 Å². The molecule has 2 atom stereocenters. The number of fused-ring (bicyclic) bond motifs is 1. The highest BCUT2D eigenvalue weighted by atomic mass is 19.1. The third kappa shape index (κ3) is 3.46. The topological polar surface area (TPSA) is 84.7 Å². The average Bonchev–Trinajstić information content (AvgIpc) is 2.73. The number of amides is 1. The van der Waals surface area contributed by atoms with Gasteiger partial charge < -0.3 is 20.7 Å². The number of ether oxygens (including phenoxy) is 1. The number of carbonyl (C=O) groups excluding carboxylic acids is 2. The molecule has 0 saturated carbocycles. The van der Waals surface area contributed by atoms with E-state index in [0.717, 1.165) is 24.3 Å². The van der Waals surface area contributed by atoms with Gasteiger partial charge in [-0.1, -0.05) is 12.1 Å². The molecule has 7 heteroatoms. The molecule has 3 N–H and O–H groups in total. The number of hydrogen-bond acceptors (Lipinski definition) is 5. The number of benzene rings is 2. The number of nitrogens with zero attached hydrogens (tertiary/aromatic N) is 1. The molecule has 6 nitrogen and oxygen atoms in total. The second-order valence-electron chi connectivity index (χ2n) is 7.87. The molecule has 0 radical (unpaired) electrons. The van der Waals surface area contributed by atoms with Crippen LogP contribution in [0.3, 0.4) is 0 Å². The van der Waals surface area contributed by atoms with E-state index in [4.69, 9.17) is 10.5 Å². The number of nitrogens with one attached hydrogen (secondary N) is 1. The molecular weight excluding hydrogens is 373 g/mol. The van der Waals surface area contributed by atoms with Crippen LogP contribution in [0.5, 0.6) is 0 Å². The first kappa shape index (κ1) is 19.4. The van der Waals surface area contributed by atoms with Crippen molar-refractivity contribution in [1.82, 2.24) is 0 Å². The Bertz CT molecular complexity index is 958. The lowest BCUT2D eigenvalue weighted by Gasteiger charge is -2.42. The highest BCUT2D eigenvalue weighted by molar-refractivity contribution is 5.87.